The average molecular weight is 448 g/mol. The summed E-state index contributed by atoms with van der Waals surface area (Å²) in [5, 5.41) is 30.1. The highest BCUT2D eigenvalue weighted by molar-refractivity contribution is 7.17. The molecular weight excluding hydrogens is 432 g/mol. The van der Waals surface area contributed by atoms with Crippen molar-refractivity contribution in [2.45, 2.75) is 13.8 Å². The van der Waals surface area contributed by atoms with Gasteiger partial charge in [-0.05, 0) is 13.0 Å². The van der Waals surface area contributed by atoms with Crippen LogP contribution < -0.4 is 32.2 Å². The van der Waals surface area contributed by atoms with Crippen molar-refractivity contribution in [3.05, 3.63) is 39.5 Å². The highest BCUT2D eigenvalue weighted by Gasteiger charge is 2.20. The second-order valence-electron chi connectivity index (χ2n) is 5.78. The molecule has 1 heterocycles. The second kappa shape index (κ2) is 10.1. The van der Waals surface area contributed by atoms with Gasteiger partial charge in [0.2, 0.25) is 11.0 Å². The number of amides is 4. The summed E-state index contributed by atoms with van der Waals surface area (Å²) in [6.45, 7) is 2.81. The molecule has 1 aromatic carbocycles. The molecule has 1 atom stereocenters. The van der Waals surface area contributed by atoms with E-state index in [0.29, 0.717) is 5.69 Å². The molecule has 0 aliphatic rings. The summed E-state index contributed by atoms with van der Waals surface area (Å²) < 4.78 is 0. The summed E-state index contributed by atoms with van der Waals surface area (Å²) >= 11 is 0.896. The molecule has 0 radical (unpaired) electrons. The van der Waals surface area contributed by atoms with Gasteiger partial charge in [0.25, 0.3) is 5.91 Å². The summed E-state index contributed by atoms with van der Waals surface area (Å²) in [5.74, 6) is -3.56. The van der Waals surface area contributed by atoms with Gasteiger partial charge in [-0.15, -0.1) is 0 Å². The van der Waals surface area contributed by atoms with Crippen molar-refractivity contribution in [1.82, 2.24) is 21.3 Å². The molecule has 2 aromatic rings. The number of carbonyl (C=O) groups excluding carboxylic acids is 4. The van der Waals surface area contributed by atoms with Gasteiger partial charge < -0.3 is 10.5 Å². The number of benzene rings is 1. The predicted octanol–water partition coefficient (Wildman–Crippen LogP) is -1.41. The van der Waals surface area contributed by atoms with E-state index in [4.69, 9.17) is 10.5 Å². The van der Waals surface area contributed by atoms with Crippen molar-refractivity contribution in [3.63, 3.8) is 0 Å². The summed E-state index contributed by atoms with van der Waals surface area (Å²) in [6.07, 6.45) is 0. The summed E-state index contributed by atoms with van der Waals surface area (Å²) in [5.41, 5.74) is 8.67. The lowest BCUT2D eigenvalue weighted by Crippen LogP contribution is -2.99. The number of rotatable bonds is 5. The van der Waals surface area contributed by atoms with Gasteiger partial charge >= 0.3 is 11.8 Å². The second-order valence-corrected chi connectivity index (χ2v) is 6.78. The number of nitriles is 1. The first-order valence-corrected chi connectivity index (χ1v) is 9.13. The number of hydrazine groups is 2. The zero-order valence-corrected chi connectivity index (χ0v) is 16.8. The number of aryl methyl sites for hydroxylation is 1. The zero-order valence-electron chi connectivity index (χ0n) is 16.0. The van der Waals surface area contributed by atoms with Crippen molar-refractivity contribution in [3.8, 4) is 6.07 Å². The van der Waals surface area contributed by atoms with Gasteiger partial charge in [0, 0.05) is 19.1 Å². The molecule has 162 valence electrons. The summed E-state index contributed by atoms with van der Waals surface area (Å²) in [4.78, 5) is 51.2. The number of nitrogens with zero attached hydrogens (tertiary/aromatic N) is 2. The Bertz CT molecular complexity index is 1080. The fourth-order valence-electron chi connectivity index (χ4n) is 2.09. The lowest BCUT2D eigenvalue weighted by Gasteiger charge is -2.13. The first-order valence-electron chi connectivity index (χ1n) is 8.31. The quantitative estimate of drug-likeness (QED) is 0.211. The van der Waals surface area contributed by atoms with Crippen LogP contribution in [0.5, 0.6) is 0 Å². The Labute approximate surface area is 178 Å². The molecule has 0 spiro atoms. The van der Waals surface area contributed by atoms with Gasteiger partial charge in [0.1, 0.15) is 10.9 Å². The minimum Gasteiger partial charge on any atom is -0.595 e. The van der Waals surface area contributed by atoms with Crippen LogP contribution in [0.25, 0.3) is 0 Å². The van der Waals surface area contributed by atoms with Gasteiger partial charge in [0.05, 0.1) is 16.9 Å². The van der Waals surface area contributed by atoms with E-state index < -0.39 is 22.9 Å². The van der Waals surface area contributed by atoms with Crippen LogP contribution in [0.2, 0.25) is 0 Å². The maximum absolute atomic E-state index is 12.2. The van der Waals surface area contributed by atoms with E-state index in [0.717, 1.165) is 29.5 Å². The van der Waals surface area contributed by atoms with E-state index in [2.05, 4.69) is 26.6 Å². The smallest absolute Gasteiger partial charge is 0.328 e. The lowest BCUT2D eigenvalue weighted by atomic mass is 10.1. The lowest BCUT2D eigenvalue weighted by molar-refractivity contribution is -0.991. The van der Waals surface area contributed by atoms with E-state index in [1.54, 1.807) is 6.07 Å². The van der Waals surface area contributed by atoms with Crippen molar-refractivity contribution in [2.75, 3.05) is 10.7 Å². The molecule has 0 saturated carbocycles. The molecule has 0 fully saturated rings. The monoisotopic (exact) mass is 448 g/mol. The molecule has 0 saturated heterocycles. The van der Waals surface area contributed by atoms with E-state index in [1.165, 1.54) is 13.8 Å². The molecule has 0 aliphatic carbocycles. The van der Waals surface area contributed by atoms with E-state index >= 15 is 0 Å². The van der Waals surface area contributed by atoms with Crippen LogP contribution in [-0.2, 0) is 14.4 Å². The fraction of sp³-hybridized carbons (Fsp3) is 0.125. The van der Waals surface area contributed by atoms with E-state index in [9.17, 15) is 24.4 Å². The van der Waals surface area contributed by atoms with Crippen LogP contribution in [0.4, 0.5) is 16.5 Å². The Kier molecular flexibility index (Phi) is 7.54. The Morgan fingerprint density at radius 1 is 1.19 bits per heavy atom. The van der Waals surface area contributed by atoms with Gasteiger partial charge in [-0.3, -0.25) is 40.9 Å². The minimum atomic E-state index is -1.26. The fourth-order valence-corrected chi connectivity index (χ4v) is 2.90. The Morgan fingerprint density at radius 2 is 1.90 bits per heavy atom. The molecule has 31 heavy (non-hydrogen) atoms. The van der Waals surface area contributed by atoms with Gasteiger partial charge in [-0.2, -0.15) is 10.5 Å². The maximum atomic E-state index is 12.2. The minimum absolute atomic E-state index is 0.0778. The number of quaternary nitrogens is 1. The molecule has 7 N–H and O–H groups in total. The first kappa shape index (κ1) is 23.2. The molecule has 1 aromatic heterocycles. The third kappa shape index (κ3) is 6.19. The standard InChI is InChI=1S/C16H16N8O6S/c1-7-12(31-16(18-7)23-20-8(2)25)13(26)21-22-15(28)14(27)19-11-4-3-10(24(29)30)5-9(11)6-17/h3-5,24,29H,1-2H3,(H,18,23)(H,19,27)(H,20,25)(H,21,26)(H,22,28). The summed E-state index contributed by atoms with van der Waals surface area (Å²) in [6, 6.07) is 5.07. The molecule has 0 aliphatic heterocycles. The van der Waals surface area contributed by atoms with Crippen LogP contribution >= 0.6 is 11.3 Å². The van der Waals surface area contributed by atoms with Crippen LogP contribution in [-0.4, -0.2) is 33.8 Å². The Morgan fingerprint density at radius 3 is 2.52 bits per heavy atom. The number of hydrogen-bond donors (Lipinski definition) is 7. The average Bonchev–Trinajstić information content (AvgIpc) is 3.10. The number of hydrogen-bond acceptors (Lipinski definition) is 10. The largest absolute Gasteiger partial charge is 0.595 e. The highest BCUT2D eigenvalue weighted by Crippen LogP contribution is 2.21. The van der Waals surface area contributed by atoms with Crippen LogP contribution in [0.3, 0.4) is 0 Å². The Hall–Kier alpha value is -4.10. The van der Waals surface area contributed by atoms with Crippen LogP contribution in [0, 0.1) is 23.5 Å². The predicted molar refractivity (Wildman–Crippen MR) is 105 cm³/mol. The van der Waals surface area contributed by atoms with Crippen molar-refractivity contribution < 1.29 is 29.6 Å². The molecule has 2 rings (SSSR count). The number of carbonyl (C=O) groups is 4. The SMILES string of the molecule is CC(=O)NNc1nc(C)c(C(=O)NNC(=O)C(=O)Nc2ccc([NH+]([O-])O)cc2C#N)s1. The van der Waals surface area contributed by atoms with Crippen molar-refractivity contribution >= 4 is 51.5 Å². The Balaban J connectivity index is 1.97. The van der Waals surface area contributed by atoms with Gasteiger partial charge in [0.15, 0.2) is 5.69 Å². The third-order valence-electron chi connectivity index (χ3n) is 3.48. The van der Waals surface area contributed by atoms with Crippen LogP contribution in [0.1, 0.15) is 27.9 Å². The van der Waals surface area contributed by atoms with Gasteiger partial charge in [-0.1, -0.05) is 11.3 Å². The number of nitrogens with one attached hydrogen (secondary N) is 6. The maximum Gasteiger partial charge on any atom is 0.328 e. The highest BCUT2D eigenvalue weighted by atomic mass is 32.1. The third-order valence-corrected chi connectivity index (χ3v) is 4.55. The molecule has 14 nitrogen and oxygen atoms in total. The molecular formula is C16H16N8O6S. The van der Waals surface area contributed by atoms with Crippen molar-refractivity contribution in [1.29, 1.82) is 5.26 Å². The summed E-state index contributed by atoms with van der Waals surface area (Å²) in [7, 11) is 0. The normalized spacial score (nSPS) is 10.9. The zero-order chi connectivity index (χ0) is 23.1. The molecule has 1 unspecified atom stereocenters. The molecule has 15 heteroatoms. The number of anilines is 2. The molecule has 0 bridgehead atoms. The molecule has 4 amide bonds. The van der Waals surface area contributed by atoms with E-state index in [1.807, 2.05) is 5.43 Å². The topological polar surface area (TPSA) is 213 Å². The van der Waals surface area contributed by atoms with Gasteiger partial charge in [-0.25, -0.2) is 10.2 Å². The van der Waals surface area contributed by atoms with Crippen molar-refractivity contribution in [2.24, 2.45) is 0 Å². The van der Waals surface area contributed by atoms with Crippen LogP contribution in [0.15, 0.2) is 18.2 Å². The number of thiazole rings is 1. The number of aromatic nitrogens is 1. The first-order chi connectivity index (χ1) is 14.6. The van der Waals surface area contributed by atoms with E-state index in [-0.39, 0.29) is 32.9 Å².